The number of piperidine rings is 1. The number of guanidine groups is 1. The van der Waals surface area contributed by atoms with Crippen LogP contribution in [0.5, 0.6) is 0 Å². The summed E-state index contributed by atoms with van der Waals surface area (Å²) in [5.74, 6) is 1.71. The molecule has 1 unspecified atom stereocenters. The summed E-state index contributed by atoms with van der Waals surface area (Å²) in [6.45, 7) is 12.8. The summed E-state index contributed by atoms with van der Waals surface area (Å²) in [6.07, 6.45) is 2.62. The standard InChI is InChI=1S/C20H34N4.HI/c1-5-21-20(22-14-19-8-7-13-24(6-2)16-19)23(4)15-18-11-9-17(3)10-12-18;/h9-12,19H,5-8,13-16H2,1-4H3,(H,21,22);1H. The van der Waals surface area contributed by atoms with Crippen molar-refractivity contribution in [1.82, 2.24) is 15.1 Å². The predicted octanol–water partition coefficient (Wildman–Crippen LogP) is 3.74. The Kier molecular flexibility index (Phi) is 10.4. The molecule has 0 aliphatic carbocycles. The molecule has 1 aromatic rings. The third kappa shape index (κ3) is 7.52. The molecule has 25 heavy (non-hydrogen) atoms. The largest absolute Gasteiger partial charge is 0.357 e. The first kappa shape index (κ1) is 22.2. The highest BCUT2D eigenvalue weighted by atomic mass is 127. The lowest BCUT2D eigenvalue weighted by atomic mass is 9.98. The average Bonchev–Trinajstić information content (AvgIpc) is 2.60. The van der Waals surface area contributed by atoms with Gasteiger partial charge in [0, 0.05) is 33.2 Å². The van der Waals surface area contributed by atoms with E-state index >= 15 is 0 Å². The van der Waals surface area contributed by atoms with E-state index in [1.807, 2.05) is 0 Å². The number of aliphatic imine (C=N–C) groups is 1. The lowest BCUT2D eigenvalue weighted by molar-refractivity contribution is 0.186. The molecule has 142 valence electrons. The summed E-state index contributed by atoms with van der Waals surface area (Å²) < 4.78 is 0. The van der Waals surface area contributed by atoms with Gasteiger partial charge in [0.1, 0.15) is 0 Å². The Morgan fingerprint density at radius 3 is 2.64 bits per heavy atom. The maximum Gasteiger partial charge on any atom is 0.193 e. The van der Waals surface area contributed by atoms with Crippen molar-refractivity contribution in [2.45, 2.75) is 40.2 Å². The fourth-order valence-electron chi connectivity index (χ4n) is 3.32. The number of hydrogen-bond donors (Lipinski definition) is 1. The van der Waals surface area contributed by atoms with Crippen molar-refractivity contribution >= 4 is 29.9 Å². The van der Waals surface area contributed by atoms with Crippen LogP contribution in [0.4, 0.5) is 0 Å². The number of nitrogens with zero attached hydrogens (tertiary/aromatic N) is 3. The van der Waals surface area contributed by atoms with Crippen molar-refractivity contribution in [1.29, 1.82) is 0 Å². The molecule has 0 aromatic heterocycles. The number of likely N-dealkylation sites (tertiary alicyclic amines) is 1. The Hall–Kier alpha value is -0.820. The van der Waals surface area contributed by atoms with E-state index in [1.165, 1.54) is 37.1 Å². The van der Waals surface area contributed by atoms with Crippen molar-refractivity contribution in [3.63, 3.8) is 0 Å². The Balaban J connectivity index is 0.00000312. The summed E-state index contributed by atoms with van der Waals surface area (Å²) in [4.78, 5) is 9.70. The van der Waals surface area contributed by atoms with Crippen LogP contribution in [-0.2, 0) is 6.54 Å². The molecule has 1 N–H and O–H groups in total. The number of rotatable bonds is 6. The second-order valence-electron chi connectivity index (χ2n) is 6.94. The molecule has 4 nitrogen and oxygen atoms in total. The van der Waals surface area contributed by atoms with Gasteiger partial charge in [0.15, 0.2) is 5.96 Å². The Labute approximate surface area is 171 Å². The summed E-state index contributed by atoms with van der Waals surface area (Å²) in [6, 6.07) is 8.76. The average molecular weight is 458 g/mol. The fraction of sp³-hybridized carbons (Fsp3) is 0.650. The lowest BCUT2D eigenvalue weighted by Gasteiger charge is -2.31. The van der Waals surface area contributed by atoms with Crippen molar-refractivity contribution in [2.75, 3.05) is 39.8 Å². The van der Waals surface area contributed by atoms with Gasteiger partial charge in [0.25, 0.3) is 0 Å². The molecule has 1 fully saturated rings. The van der Waals surface area contributed by atoms with E-state index in [9.17, 15) is 0 Å². The van der Waals surface area contributed by atoms with Gasteiger partial charge in [-0.1, -0.05) is 36.8 Å². The van der Waals surface area contributed by atoms with Crippen LogP contribution in [0.2, 0.25) is 0 Å². The zero-order valence-corrected chi connectivity index (χ0v) is 18.6. The molecule has 1 aromatic carbocycles. The fourth-order valence-corrected chi connectivity index (χ4v) is 3.32. The molecule has 1 atom stereocenters. The number of halogens is 1. The monoisotopic (exact) mass is 458 g/mol. The highest BCUT2D eigenvalue weighted by molar-refractivity contribution is 14.0. The summed E-state index contributed by atoms with van der Waals surface area (Å²) in [5, 5.41) is 3.44. The van der Waals surface area contributed by atoms with E-state index in [1.54, 1.807) is 0 Å². The first-order valence-corrected chi connectivity index (χ1v) is 9.39. The van der Waals surface area contributed by atoms with Gasteiger partial charge in [-0.3, -0.25) is 4.99 Å². The first-order chi connectivity index (χ1) is 11.6. The van der Waals surface area contributed by atoms with Crippen molar-refractivity contribution in [2.24, 2.45) is 10.9 Å². The number of nitrogens with one attached hydrogen (secondary N) is 1. The molecule has 0 amide bonds. The van der Waals surface area contributed by atoms with Crippen LogP contribution in [0.15, 0.2) is 29.3 Å². The molecule has 0 bridgehead atoms. The molecule has 0 radical (unpaired) electrons. The maximum atomic E-state index is 4.92. The van der Waals surface area contributed by atoms with Crippen LogP contribution in [0.3, 0.4) is 0 Å². The molecule has 1 aliphatic heterocycles. The van der Waals surface area contributed by atoms with Gasteiger partial charge in [-0.15, -0.1) is 24.0 Å². The SMILES string of the molecule is CCNC(=NCC1CCCN(CC)C1)N(C)Cc1ccc(C)cc1.I. The normalized spacial score (nSPS) is 18.6. The highest BCUT2D eigenvalue weighted by Gasteiger charge is 2.18. The minimum absolute atomic E-state index is 0. The second-order valence-corrected chi connectivity index (χ2v) is 6.94. The van der Waals surface area contributed by atoms with Crippen LogP contribution in [0.25, 0.3) is 0 Å². The van der Waals surface area contributed by atoms with E-state index < -0.39 is 0 Å². The summed E-state index contributed by atoms with van der Waals surface area (Å²) in [5.41, 5.74) is 2.63. The quantitative estimate of drug-likeness (QED) is 0.400. The molecule has 0 spiro atoms. The Morgan fingerprint density at radius 2 is 2.00 bits per heavy atom. The van der Waals surface area contributed by atoms with Gasteiger partial charge in [-0.05, 0) is 51.3 Å². The molecule has 1 heterocycles. The minimum atomic E-state index is 0. The van der Waals surface area contributed by atoms with Crippen molar-refractivity contribution in [3.8, 4) is 0 Å². The molecule has 1 saturated heterocycles. The van der Waals surface area contributed by atoms with Crippen LogP contribution in [0, 0.1) is 12.8 Å². The van der Waals surface area contributed by atoms with Crippen molar-refractivity contribution < 1.29 is 0 Å². The van der Waals surface area contributed by atoms with Gasteiger partial charge in [-0.25, -0.2) is 0 Å². The summed E-state index contributed by atoms with van der Waals surface area (Å²) in [7, 11) is 2.13. The molecular weight excluding hydrogens is 423 g/mol. The van der Waals surface area contributed by atoms with Crippen LogP contribution in [-0.4, -0.2) is 55.5 Å². The van der Waals surface area contributed by atoms with E-state index in [-0.39, 0.29) is 24.0 Å². The first-order valence-electron chi connectivity index (χ1n) is 9.39. The number of aryl methyl sites for hydroxylation is 1. The molecule has 2 rings (SSSR count). The van der Waals surface area contributed by atoms with Gasteiger partial charge >= 0.3 is 0 Å². The molecule has 5 heteroatoms. The smallest absolute Gasteiger partial charge is 0.193 e. The van der Waals surface area contributed by atoms with E-state index in [0.717, 1.165) is 32.1 Å². The van der Waals surface area contributed by atoms with E-state index in [4.69, 9.17) is 4.99 Å². The van der Waals surface area contributed by atoms with E-state index in [2.05, 4.69) is 67.2 Å². The number of benzene rings is 1. The zero-order valence-electron chi connectivity index (χ0n) is 16.3. The maximum absolute atomic E-state index is 4.92. The third-order valence-corrected chi connectivity index (χ3v) is 4.79. The zero-order chi connectivity index (χ0) is 17.4. The molecular formula is C20H35IN4. The Morgan fingerprint density at radius 1 is 1.28 bits per heavy atom. The summed E-state index contributed by atoms with van der Waals surface area (Å²) >= 11 is 0. The van der Waals surface area contributed by atoms with Crippen LogP contribution in [0.1, 0.15) is 37.8 Å². The highest BCUT2D eigenvalue weighted by Crippen LogP contribution is 2.16. The van der Waals surface area contributed by atoms with Crippen LogP contribution >= 0.6 is 24.0 Å². The predicted molar refractivity (Wildman–Crippen MR) is 119 cm³/mol. The van der Waals surface area contributed by atoms with Crippen molar-refractivity contribution in [3.05, 3.63) is 35.4 Å². The molecule has 0 saturated carbocycles. The topological polar surface area (TPSA) is 30.9 Å². The molecule has 1 aliphatic rings. The third-order valence-electron chi connectivity index (χ3n) is 4.79. The van der Waals surface area contributed by atoms with Gasteiger partial charge in [0.05, 0.1) is 0 Å². The van der Waals surface area contributed by atoms with Gasteiger partial charge in [0.2, 0.25) is 0 Å². The lowest BCUT2D eigenvalue weighted by Crippen LogP contribution is -2.40. The van der Waals surface area contributed by atoms with E-state index in [0.29, 0.717) is 5.92 Å². The van der Waals surface area contributed by atoms with Gasteiger partial charge in [-0.2, -0.15) is 0 Å². The Bertz CT molecular complexity index is 515. The second kappa shape index (κ2) is 11.7. The van der Waals surface area contributed by atoms with Crippen LogP contribution < -0.4 is 5.32 Å². The van der Waals surface area contributed by atoms with Gasteiger partial charge < -0.3 is 15.1 Å². The number of hydrogen-bond acceptors (Lipinski definition) is 2. The minimum Gasteiger partial charge on any atom is -0.357 e.